The van der Waals surface area contributed by atoms with Crippen LogP contribution in [0.25, 0.3) is 6.08 Å². The Hall–Kier alpha value is -2.99. The molecular formula is C20H19N3O2S. The van der Waals surface area contributed by atoms with Crippen molar-refractivity contribution in [3.8, 4) is 0 Å². The van der Waals surface area contributed by atoms with Crippen molar-refractivity contribution in [2.24, 2.45) is 0 Å². The van der Waals surface area contributed by atoms with E-state index in [1.807, 2.05) is 43.3 Å². The van der Waals surface area contributed by atoms with E-state index in [-0.39, 0.29) is 11.8 Å². The summed E-state index contributed by atoms with van der Waals surface area (Å²) in [6.07, 6.45) is 2.56. The third-order valence-corrected chi connectivity index (χ3v) is 4.32. The monoisotopic (exact) mass is 365 g/mol. The van der Waals surface area contributed by atoms with E-state index in [1.165, 1.54) is 11.8 Å². The molecule has 132 valence electrons. The number of carbonyl (C=O) groups is 2. The molecule has 2 aromatic rings. The second-order valence-electron chi connectivity index (χ2n) is 5.91. The predicted molar refractivity (Wildman–Crippen MR) is 108 cm³/mol. The molecule has 5 nitrogen and oxygen atoms in total. The smallest absolute Gasteiger partial charge is 0.281 e. The van der Waals surface area contributed by atoms with E-state index in [4.69, 9.17) is 12.2 Å². The van der Waals surface area contributed by atoms with Gasteiger partial charge in [0.05, 0.1) is 5.69 Å². The Bertz CT molecular complexity index is 904. The van der Waals surface area contributed by atoms with Gasteiger partial charge in [0.1, 0.15) is 5.70 Å². The number of thiocarbonyl (C=S) groups is 1. The molecule has 0 atom stereocenters. The molecule has 6 heteroatoms. The molecule has 1 aliphatic rings. The predicted octanol–water partition coefficient (Wildman–Crippen LogP) is 3.47. The normalized spacial score (nSPS) is 15.3. The zero-order valence-corrected chi connectivity index (χ0v) is 15.4. The van der Waals surface area contributed by atoms with Gasteiger partial charge in [-0.05, 0) is 54.0 Å². The van der Waals surface area contributed by atoms with Crippen LogP contribution in [0.2, 0.25) is 0 Å². The quantitative estimate of drug-likeness (QED) is 0.643. The zero-order valence-electron chi connectivity index (χ0n) is 14.6. The molecule has 1 aliphatic heterocycles. The molecule has 0 aromatic heterocycles. The highest BCUT2D eigenvalue weighted by Gasteiger charge is 2.32. The molecule has 1 heterocycles. The molecule has 1 fully saturated rings. The van der Waals surface area contributed by atoms with Crippen molar-refractivity contribution in [3.05, 3.63) is 65.4 Å². The van der Waals surface area contributed by atoms with Crippen LogP contribution in [0.5, 0.6) is 0 Å². The van der Waals surface area contributed by atoms with Crippen molar-refractivity contribution < 1.29 is 9.59 Å². The summed E-state index contributed by atoms with van der Waals surface area (Å²) in [6, 6.07) is 15.0. The highest BCUT2D eigenvalue weighted by Crippen LogP contribution is 2.26. The Morgan fingerprint density at radius 3 is 2.54 bits per heavy atom. The summed E-state index contributed by atoms with van der Waals surface area (Å²) in [4.78, 5) is 25.5. The van der Waals surface area contributed by atoms with Gasteiger partial charge in [-0.1, -0.05) is 37.3 Å². The maximum atomic E-state index is 12.9. The summed E-state index contributed by atoms with van der Waals surface area (Å²) in [7, 11) is 0. The number of anilines is 2. The van der Waals surface area contributed by atoms with E-state index in [9.17, 15) is 9.59 Å². The van der Waals surface area contributed by atoms with Crippen LogP contribution in [0.3, 0.4) is 0 Å². The molecule has 0 aliphatic carbocycles. The summed E-state index contributed by atoms with van der Waals surface area (Å²) < 4.78 is 0. The molecule has 0 saturated carbocycles. The second-order valence-corrected chi connectivity index (χ2v) is 6.30. The number of nitrogens with one attached hydrogen (secondary N) is 2. The molecule has 2 amide bonds. The van der Waals surface area contributed by atoms with Crippen molar-refractivity contribution in [1.82, 2.24) is 5.32 Å². The molecule has 0 spiro atoms. The average molecular weight is 365 g/mol. The van der Waals surface area contributed by atoms with E-state index in [0.717, 1.165) is 23.2 Å². The summed E-state index contributed by atoms with van der Waals surface area (Å²) in [5.74, 6) is -0.304. The standard InChI is InChI=1S/C20H19N3O2S/c1-3-15-6-4-5-7-18(15)23-19(25)17(22-20(23)26)12-14-8-10-16(11-9-14)21-13(2)24/h4-12H,3H2,1-2H3,(H,21,24)(H,22,26)/b17-12+. The number of carbonyl (C=O) groups excluding carboxylic acids is 2. The number of benzene rings is 2. The van der Waals surface area contributed by atoms with Gasteiger partial charge in [-0.25, -0.2) is 0 Å². The van der Waals surface area contributed by atoms with Crippen LogP contribution < -0.4 is 15.5 Å². The van der Waals surface area contributed by atoms with Crippen LogP contribution >= 0.6 is 12.2 Å². The third kappa shape index (κ3) is 3.65. The number of hydrogen-bond donors (Lipinski definition) is 2. The first-order valence-corrected chi connectivity index (χ1v) is 8.73. The lowest BCUT2D eigenvalue weighted by atomic mass is 10.1. The molecule has 2 N–H and O–H groups in total. The van der Waals surface area contributed by atoms with E-state index < -0.39 is 0 Å². The fourth-order valence-corrected chi connectivity index (χ4v) is 3.11. The fourth-order valence-electron chi connectivity index (χ4n) is 2.81. The van der Waals surface area contributed by atoms with Gasteiger partial charge in [0.15, 0.2) is 5.11 Å². The number of nitrogens with zero attached hydrogens (tertiary/aromatic N) is 1. The van der Waals surface area contributed by atoms with E-state index >= 15 is 0 Å². The van der Waals surface area contributed by atoms with Crippen LogP contribution in [0, 0.1) is 0 Å². The van der Waals surface area contributed by atoms with Gasteiger partial charge in [0, 0.05) is 12.6 Å². The van der Waals surface area contributed by atoms with E-state index in [1.54, 1.807) is 18.2 Å². The lowest BCUT2D eigenvalue weighted by Crippen LogP contribution is -2.31. The minimum absolute atomic E-state index is 0.126. The van der Waals surface area contributed by atoms with Crippen molar-refractivity contribution >= 4 is 46.6 Å². The maximum absolute atomic E-state index is 12.9. The zero-order chi connectivity index (χ0) is 18.7. The molecule has 1 saturated heterocycles. The maximum Gasteiger partial charge on any atom is 0.281 e. The number of amides is 2. The minimum Gasteiger partial charge on any atom is -0.327 e. The van der Waals surface area contributed by atoms with Crippen LogP contribution in [0.15, 0.2) is 54.2 Å². The van der Waals surface area contributed by atoms with Crippen molar-refractivity contribution in [2.75, 3.05) is 10.2 Å². The highest BCUT2D eigenvalue weighted by molar-refractivity contribution is 7.80. The van der Waals surface area contributed by atoms with Crippen LogP contribution in [-0.2, 0) is 16.0 Å². The Labute approximate surface area is 157 Å². The third-order valence-electron chi connectivity index (χ3n) is 4.03. The van der Waals surface area contributed by atoms with Gasteiger partial charge >= 0.3 is 0 Å². The van der Waals surface area contributed by atoms with Crippen LogP contribution in [0.1, 0.15) is 25.0 Å². The van der Waals surface area contributed by atoms with Crippen molar-refractivity contribution in [1.29, 1.82) is 0 Å². The lowest BCUT2D eigenvalue weighted by Gasteiger charge is -2.17. The summed E-state index contributed by atoms with van der Waals surface area (Å²) in [6.45, 7) is 3.50. The van der Waals surface area contributed by atoms with Gasteiger partial charge in [-0.3, -0.25) is 14.5 Å². The second kappa shape index (κ2) is 7.49. The average Bonchev–Trinajstić information content (AvgIpc) is 2.89. The molecule has 0 radical (unpaired) electrons. The van der Waals surface area contributed by atoms with E-state index in [2.05, 4.69) is 10.6 Å². The Balaban J connectivity index is 1.86. The highest BCUT2D eigenvalue weighted by atomic mass is 32.1. The summed E-state index contributed by atoms with van der Waals surface area (Å²) in [5, 5.41) is 6.08. The first-order chi connectivity index (χ1) is 12.5. The minimum atomic E-state index is -0.179. The Morgan fingerprint density at radius 2 is 1.88 bits per heavy atom. The van der Waals surface area contributed by atoms with E-state index in [0.29, 0.717) is 16.5 Å². The van der Waals surface area contributed by atoms with Gasteiger partial charge in [-0.2, -0.15) is 0 Å². The number of aryl methyl sites for hydroxylation is 1. The van der Waals surface area contributed by atoms with Gasteiger partial charge in [0.25, 0.3) is 5.91 Å². The topological polar surface area (TPSA) is 61.4 Å². The molecule has 2 aromatic carbocycles. The molecule has 3 rings (SSSR count). The SMILES string of the molecule is CCc1ccccc1N1C(=O)/C(=C\c2ccc(NC(C)=O)cc2)NC1=S. The number of para-hydroxylation sites is 1. The Kier molecular flexibility index (Phi) is 5.14. The van der Waals surface area contributed by atoms with Crippen LogP contribution in [-0.4, -0.2) is 16.9 Å². The fraction of sp³-hybridized carbons (Fsp3) is 0.150. The molecule has 0 unspecified atom stereocenters. The summed E-state index contributed by atoms with van der Waals surface area (Å²) in [5.41, 5.74) is 3.84. The molecular weight excluding hydrogens is 346 g/mol. The summed E-state index contributed by atoms with van der Waals surface area (Å²) >= 11 is 5.37. The van der Waals surface area contributed by atoms with Crippen molar-refractivity contribution in [3.63, 3.8) is 0 Å². The number of hydrogen-bond acceptors (Lipinski definition) is 3. The molecule has 0 bridgehead atoms. The largest absolute Gasteiger partial charge is 0.327 e. The Morgan fingerprint density at radius 1 is 1.19 bits per heavy atom. The van der Waals surface area contributed by atoms with Gasteiger partial charge in [-0.15, -0.1) is 0 Å². The van der Waals surface area contributed by atoms with Crippen molar-refractivity contribution in [2.45, 2.75) is 20.3 Å². The first kappa shape index (κ1) is 17.8. The molecule has 26 heavy (non-hydrogen) atoms. The lowest BCUT2D eigenvalue weighted by molar-refractivity contribution is -0.114. The first-order valence-electron chi connectivity index (χ1n) is 8.32. The van der Waals surface area contributed by atoms with Crippen LogP contribution in [0.4, 0.5) is 11.4 Å². The van der Waals surface area contributed by atoms with Gasteiger partial charge in [0.2, 0.25) is 5.91 Å². The van der Waals surface area contributed by atoms with Gasteiger partial charge < -0.3 is 10.6 Å². The number of rotatable bonds is 4.